The molecule has 9 heteroatoms. The topological polar surface area (TPSA) is 102 Å². The first kappa shape index (κ1) is 16.9. The van der Waals surface area contributed by atoms with Gasteiger partial charge in [-0.25, -0.2) is 14.5 Å². The Morgan fingerprint density at radius 2 is 2.04 bits per heavy atom. The number of thiophene rings is 1. The lowest BCUT2D eigenvalue weighted by Gasteiger charge is -2.11. The second-order valence-corrected chi connectivity index (χ2v) is 6.13. The minimum atomic E-state index is -0.743. The van der Waals surface area contributed by atoms with Gasteiger partial charge in [0.05, 0.1) is 12.1 Å². The van der Waals surface area contributed by atoms with E-state index in [1.807, 2.05) is 6.92 Å². The number of esters is 1. The summed E-state index contributed by atoms with van der Waals surface area (Å²) in [6, 6.07) is 0. The highest BCUT2D eigenvalue weighted by Crippen LogP contribution is 2.32. The molecule has 0 atom stereocenters. The van der Waals surface area contributed by atoms with Crippen LogP contribution in [0.3, 0.4) is 0 Å². The summed E-state index contributed by atoms with van der Waals surface area (Å²) in [7, 11) is 0. The summed E-state index contributed by atoms with van der Waals surface area (Å²) in [5.74, 6) is -1.68. The molecule has 124 valence electrons. The van der Waals surface area contributed by atoms with Crippen molar-refractivity contribution in [2.24, 2.45) is 0 Å². The number of aryl methyl sites for hydroxylation is 1. The highest BCUT2D eigenvalue weighted by molar-refractivity contribution is 7.16. The normalized spacial score (nSPS) is 13.7. The fraction of sp³-hybridized carbons (Fsp3) is 0.429. The van der Waals surface area contributed by atoms with Crippen molar-refractivity contribution in [1.82, 2.24) is 4.90 Å². The maximum Gasteiger partial charge on any atom is 0.416 e. The molecular weight excluding hydrogens is 324 g/mol. The quantitative estimate of drug-likeness (QED) is 0.833. The monoisotopic (exact) mass is 340 g/mol. The zero-order valence-corrected chi connectivity index (χ0v) is 13.7. The van der Waals surface area contributed by atoms with Crippen LogP contribution < -0.4 is 5.32 Å². The molecule has 1 fully saturated rings. The largest absolute Gasteiger partial charge is 0.452 e. The number of anilines is 1. The van der Waals surface area contributed by atoms with Crippen molar-refractivity contribution in [2.45, 2.75) is 20.8 Å². The number of carbonyl (C=O) groups excluding carboxylic acids is 4. The van der Waals surface area contributed by atoms with Crippen LogP contribution in [0.1, 0.15) is 27.7 Å². The predicted molar refractivity (Wildman–Crippen MR) is 81.4 cm³/mol. The van der Waals surface area contributed by atoms with Crippen LogP contribution in [0.25, 0.3) is 0 Å². The van der Waals surface area contributed by atoms with Gasteiger partial charge < -0.3 is 14.8 Å². The third-order valence-corrected chi connectivity index (χ3v) is 4.39. The first-order chi connectivity index (χ1) is 10.8. The molecule has 1 N–H and O–H groups in total. The number of hydrogen-bond acceptors (Lipinski definition) is 7. The Morgan fingerprint density at radius 1 is 1.35 bits per heavy atom. The van der Waals surface area contributed by atoms with E-state index in [4.69, 9.17) is 4.74 Å². The Bertz CT molecular complexity index is 681. The third-order valence-electron chi connectivity index (χ3n) is 3.27. The van der Waals surface area contributed by atoms with E-state index < -0.39 is 24.6 Å². The molecule has 1 aliphatic rings. The second kappa shape index (κ2) is 6.78. The van der Waals surface area contributed by atoms with E-state index in [1.54, 1.807) is 6.92 Å². The lowest BCUT2D eigenvalue weighted by molar-refractivity contribution is -0.131. The molecule has 0 aromatic carbocycles. The molecule has 0 bridgehead atoms. The van der Waals surface area contributed by atoms with Gasteiger partial charge in [-0.3, -0.25) is 9.59 Å². The van der Waals surface area contributed by atoms with Crippen LogP contribution >= 0.6 is 11.3 Å². The van der Waals surface area contributed by atoms with E-state index in [-0.39, 0.29) is 24.6 Å². The Morgan fingerprint density at radius 3 is 2.61 bits per heavy atom. The number of rotatable bonds is 4. The minimum absolute atomic E-state index is 0.133. The summed E-state index contributed by atoms with van der Waals surface area (Å²) in [5, 5.41) is 2.96. The van der Waals surface area contributed by atoms with Crippen molar-refractivity contribution in [3.05, 3.63) is 16.0 Å². The van der Waals surface area contributed by atoms with E-state index in [1.165, 1.54) is 18.3 Å². The van der Waals surface area contributed by atoms with Gasteiger partial charge in [-0.15, -0.1) is 11.3 Å². The Labute approximate surface area is 136 Å². The van der Waals surface area contributed by atoms with Crippen LogP contribution in [0.4, 0.5) is 9.80 Å². The molecule has 8 nitrogen and oxygen atoms in total. The Hall–Kier alpha value is -2.42. The number of carbonyl (C=O) groups is 4. The van der Waals surface area contributed by atoms with Crippen molar-refractivity contribution < 1.29 is 28.7 Å². The van der Waals surface area contributed by atoms with Gasteiger partial charge in [0.25, 0.3) is 5.91 Å². The van der Waals surface area contributed by atoms with Crippen LogP contribution in [-0.2, 0) is 19.1 Å². The molecule has 0 radical (unpaired) electrons. The molecule has 0 spiro atoms. The number of nitrogens with one attached hydrogen (secondary N) is 1. The van der Waals surface area contributed by atoms with E-state index >= 15 is 0 Å². The first-order valence-corrected chi connectivity index (χ1v) is 7.64. The van der Waals surface area contributed by atoms with Crippen molar-refractivity contribution in [3.63, 3.8) is 0 Å². The average molecular weight is 340 g/mol. The number of cyclic esters (lactones) is 1. The number of hydrogen-bond donors (Lipinski definition) is 1. The summed E-state index contributed by atoms with van der Waals surface area (Å²) < 4.78 is 9.63. The number of imide groups is 1. The molecule has 2 rings (SSSR count). The summed E-state index contributed by atoms with van der Waals surface area (Å²) in [5.41, 5.74) is 0.899. The zero-order chi connectivity index (χ0) is 17.1. The van der Waals surface area contributed by atoms with Gasteiger partial charge in [-0.1, -0.05) is 0 Å². The summed E-state index contributed by atoms with van der Waals surface area (Å²) in [6.45, 7) is 4.58. The maximum atomic E-state index is 12.2. The van der Waals surface area contributed by atoms with Gasteiger partial charge in [0.15, 0.2) is 6.61 Å². The molecule has 23 heavy (non-hydrogen) atoms. The number of nitrogens with zero attached hydrogens (tertiary/aromatic N) is 1. The van der Waals surface area contributed by atoms with Gasteiger partial charge in [0, 0.05) is 11.8 Å². The summed E-state index contributed by atoms with van der Waals surface area (Å²) >= 11 is 1.26. The molecule has 0 saturated carbocycles. The predicted octanol–water partition coefficient (Wildman–Crippen LogP) is 1.46. The molecule has 1 aromatic heterocycles. The van der Waals surface area contributed by atoms with Crippen LogP contribution in [0.5, 0.6) is 0 Å². The van der Waals surface area contributed by atoms with Crippen LogP contribution in [0.2, 0.25) is 0 Å². The molecule has 2 heterocycles. The molecule has 1 aliphatic heterocycles. The van der Waals surface area contributed by atoms with E-state index in [9.17, 15) is 19.2 Å². The standard InChI is InChI=1S/C14H16N2O6S/c1-7-8(2)23-12(15-9(3)17)11(7)13(19)22-6-10(18)16-4-5-21-14(16)20/h4-6H2,1-3H3,(H,15,17). The van der Waals surface area contributed by atoms with Gasteiger partial charge in [-0.2, -0.15) is 0 Å². The lowest BCUT2D eigenvalue weighted by atomic mass is 10.1. The molecule has 3 amide bonds. The van der Waals surface area contributed by atoms with Gasteiger partial charge >= 0.3 is 12.1 Å². The Balaban J connectivity index is 2.07. The molecule has 1 saturated heterocycles. The van der Waals surface area contributed by atoms with Gasteiger partial charge in [-0.05, 0) is 19.4 Å². The maximum absolute atomic E-state index is 12.2. The Kier molecular flexibility index (Phi) is 4.99. The van der Waals surface area contributed by atoms with Gasteiger partial charge in [0.1, 0.15) is 11.6 Å². The van der Waals surface area contributed by atoms with E-state index in [0.29, 0.717) is 10.6 Å². The zero-order valence-electron chi connectivity index (χ0n) is 12.9. The van der Waals surface area contributed by atoms with Crippen LogP contribution in [0, 0.1) is 13.8 Å². The number of amides is 3. The summed E-state index contributed by atoms with van der Waals surface area (Å²) in [6.07, 6.45) is -0.743. The van der Waals surface area contributed by atoms with Crippen LogP contribution in [-0.4, -0.2) is 48.5 Å². The van der Waals surface area contributed by atoms with Crippen molar-refractivity contribution in [1.29, 1.82) is 0 Å². The molecule has 0 aliphatic carbocycles. The first-order valence-electron chi connectivity index (χ1n) is 6.83. The lowest BCUT2D eigenvalue weighted by Crippen LogP contribution is -2.35. The highest BCUT2D eigenvalue weighted by Gasteiger charge is 2.30. The third kappa shape index (κ3) is 3.67. The molecule has 1 aromatic rings. The fourth-order valence-electron chi connectivity index (χ4n) is 2.02. The SMILES string of the molecule is CC(=O)Nc1sc(C)c(C)c1C(=O)OCC(=O)N1CCOC1=O. The smallest absolute Gasteiger partial charge is 0.416 e. The second-order valence-electron chi connectivity index (χ2n) is 4.90. The van der Waals surface area contributed by atoms with E-state index in [2.05, 4.69) is 10.1 Å². The van der Waals surface area contributed by atoms with Crippen molar-refractivity contribution >= 4 is 40.2 Å². The van der Waals surface area contributed by atoms with E-state index in [0.717, 1.165) is 9.78 Å². The average Bonchev–Trinajstić information content (AvgIpc) is 3.00. The molecular formula is C14H16N2O6S. The van der Waals surface area contributed by atoms with Gasteiger partial charge in [0.2, 0.25) is 5.91 Å². The van der Waals surface area contributed by atoms with Crippen molar-refractivity contribution in [3.8, 4) is 0 Å². The minimum Gasteiger partial charge on any atom is -0.452 e. The highest BCUT2D eigenvalue weighted by atomic mass is 32.1. The molecule has 0 unspecified atom stereocenters. The summed E-state index contributed by atoms with van der Waals surface area (Å²) in [4.78, 5) is 48.3. The number of ether oxygens (including phenoxy) is 2. The van der Waals surface area contributed by atoms with Crippen LogP contribution in [0.15, 0.2) is 0 Å². The van der Waals surface area contributed by atoms with Crippen molar-refractivity contribution in [2.75, 3.05) is 25.1 Å². The fourth-order valence-corrected chi connectivity index (χ4v) is 3.11.